The molecule has 22 heavy (non-hydrogen) atoms. The van der Waals surface area contributed by atoms with E-state index in [1.165, 1.54) is 24.3 Å². The van der Waals surface area contributed by atoms with Crippen molar-refractivity contribution in [3.8, 4) is 11.5 Å². The van der Waals surface area contributed by atoms with E-state index in [9.17, 15) is 9.18 Å². The van der Waals surface area contributed by atoms with Gasteiger partial charge in [0.15, 0.2) is 0 Å². The van der Waals surface area contributed by atoms with Crippen LogP contribution in [0.1, 0.15) is 16.2 Å². The molecule has 0 bridgehead atoms. The number of amides is 1. The Balaban J connectivity index is 1.68. The highest BCUT2D eigenvalue weighted by Gasteiger charge is 2.15. The average molecular weight is 297 g/mol. The fourth-order valence-electron chi connectivity index (χ4n) is 1.88. The van der Waals surface area contributed by atoms with Crippen LogP contribution in [0.15, 0.2) is 59.1 Å². The number of aromatic nitrogens is 2. The summed E-state index contributed by atoms with van der Waals surface area (Å²) in [5.41, 5.74) is 1.52. The van der Waals surface area contributed by atoms with E-state index in [1.54, 1.807) is 0 Å². The van der Waals surface area contributed by atoms with Crippen LogP contribution < -0.4 is 5.32 Å². The molecule has 3 rings (SSSR count). The van der Waals surface area contributed by atoms with E-state index in [0.717, 1.165) is 5.56 Å². The second-order valence-corrected chi connectivity index (χ2v) is 4.60. The number of hydrogen-bond donors (Lipinski definition) is 1. The van der Waals surface area contributed by atoms with Gasteiger partial charge in [-0.3, -0.25) is 4.79 Å². The van der Waals surface area contributed by atoms with Gasteiger partial charge in [-0.25, -0.2) is 4.39 Å². The molecule has 0 aliphatic carbocycles. The van der Waals surface area contributed by atoms with Crippen molar-refractivity contribution in [3.63, 3.8) is 0 Å². The van der Waals surface area contributed by atoms with Gasteiger partial charge in [0.05, 0.1) is 0 Å². The summed E-state index contributed by atoms with van der Waals surface area (Å²) in [7, 11) is 0. The number of halogens is 1. The quantitative estimate of drug-likeness (QED) is 0.804. The second-order valence-electron chi connectivity index (χ2n) is 4.60. The SMILES string of the molecule is O=C(NCc1ccccc1)c1noc(-c2ccc(F)cc2)n1. The Morgan fingerprint density at radius 2 is 1.82 bits per heavy atom. The minimum absolute atomic E-state index is 0.0599. The van der Waals surface area contributed by atoms with Gasteiger partial charge in [0.25, 0.3) is 17.6 Å². The molecular formula is C16H12FN3O2. The summed E-state index contributed by atoms with van der Waals surface area (Å²) in [4.78, 5) is 16.0. The van der Waals surface area contributed by atoms with Crippen LogP contribution in [0.2, 0.25) is 0 Å². The standard InChI is InChI=1S/C16H12FN3O2/c17-13-8-6-12(7-9-13)16-19-14(20-22-16)15(21)18-10-11-4-2-1-3-5-11/h1-9H,10H2,(H,18,21). The monoisotopic (exact) mass is 297 g/mol. The number of hydrogen-bond acceptors (Lipinski definition) is 4. The van der Waals surface area contributed by atoms with Crippen LogP contribution in [-0.2, 0) is 6.54 Å². The van der Waals surface area contributed by atoms with Crippen LogP contribution >= 0.6 is 0 Å². The minimum Gasteiger partial charge on any atom is -0.345 e. The molecule has 0 spiro atoms. The molecule has 1 N–H and O–H groups in total. The van der Waals surface area contributed by atoms with E-state index >= 15 is 0 Å². The number of nitrogens with one attached hydrogen (secondary N) is 1. The number of nitrogens with zero attached hydrogens (tertiary/aromatic N) is 2. The lowest BCUT2D eigenvalue weighted by Gasteiger charge is -2.01. The van der Waals surface area contributed by atoms with Crippen LogP contribution in [0.3, 0.4) is 0 Å². The number of benzene rings is 2. The molecule has 0 fully saturated rings. The Hall–Kier alpha value is -3.02. The van der Waals surface area contributed by atoms with Gasteiger partial charge in [-0.05, 0) is 29.8 Å². The normalized spacial score (nSPS) is 10.4. The lowest BCUT2D eigenvalue weighted by Crippen LogP contribution is -2.23. The molecule has 0 radical (unpaired) electrons. The summed E-state index contributed by atoms with van der Waals surface area (Å²) in [6.07, 6.45) is 0. The molecule has 0 saturated heterocycles. The first-order chi connectivity index (χ1) is 10.7. The van der Waals surface area contributed by atoms with E-state index in [2.05, 4.69) is 15.5 Å². The molecule has 110 valence electrons. The molecule has 0 aliphatic rings. The number of carbonyl (C=O) groups is 1. The van der Waals surface area contributed by atoms with E-state index in [-0.39, 0.29) is 17.5 Å². The highest BCUT2D eigenvalue weighted by atomic mass is 19.1. The third-order valence-corrected chi connectivity index (χ3v) is 3.02. The zero-order valence-electron chi connectivity index (χ0n) is 11.5. The highest BCUT2D eigenvalue weighted by Crippen LogP contribution is 2.17. The van der Waals surface area contributed by atoms with Gasteiger partial charge >= 0.3 is 0 Å². The zero-order valence-corrected chi connectivity index (χ0v) is 11.5. The summed E-state index contributed by atoms with van der Waals surface area (Å²) in [5, 5.41) is 6.34. The Morgan fingerprint density at radius 3 is 2.55 bits per heavy atom. The van der Waals surface area contributed by atoms with Gasteiger partial charge < -0.3 is 9.84 Å². The smallest absolute Gasteiger partial charge is 0.292 e. The topological polar surface area (TPSA) is 68.0 Å². The van der Waals surface area contributed by atoms with Gasteiger partial charge in [0.2, 0.25) is 0 Å². The molecule has 0 aliphatic heterocycles. The van der Waals surface area contributed by atoms with Crippen LogP contribution in [0, 0.1) is 5.82 Å². The summed E-state index contributed by atoms with van der Waals surface area (Å²) in [6, 6.07) is 15.1. The molecule has 0 atom stereocenters. The molecule has 1 amide bonds. The Bertz CT molecular complexity index is 770. The van der Waals surface area contributed by atoms with E-state index in [4.69, 9.17) is 4.52 Å². The first-order valence-electron chi connectivity index (χ1n) is 6.64. The van der Waals surface area contributed by atoms with E-state index in [0.29, 0.717) is 12.1 Å². The van der Waals surface area contributed by atoms with Crippen LogP contribution in [0.5, 0.6) is 0 Å². The first kappa shape index (κ1) is 13.9. The third-order valence-electron chi connectivity index (χ3n) is 3.02. The van der Waals surface area contributed by atoms with Gasteiger partial charge in [-0.1, -0.05) is 35.5 Å². The largest absolute Gasteiger partial charge is 0.345 e. The summed E-state index contributed by atoms with van der Waals surface area (Å²) < 4.78 is 17.9. The summed E-state index contributed by atoms with van der Waals surface area (Å²) in [5.74, 6) is -0.676. The van der Waals surface area contributed by atoms with Gasteiger partial charge in [-0.15, -0.1) is 0 Å². The number of carbonyl (C=O) groups excluding carboxylic acids is 1. The van der Waals surface area contributed by atoms with Crippen LogP contribution in [0.25, 0.3) is 11.5 Å². The predicted octanol–water partition coefficient (Wildman–Crippen LogP) is 2.81. The van der Waals surface area contributed by atoms with Crippen molar-refractivity contribution in [2.75, 3.05) is 0 Å². The van der Waals surface area contributed by atoms with E-state index in [1.807, 2.05) is 30.3 Å². The number of rotatable bonds is 4. The van der Waals surface area contributed by atoms with Gasteiger partial charge in [-0.2, -0.15) is 4.98 Å². The highest BCUT2D eigenvalue weighted by molar-refractivity contribution is 5.90. The molecule has 0 unspecified atom stereocenters. The minimum atomic E-state index is -0.430. The fraction of sp³-hybridized carbons (Fsp3) is 0.0625. The summed E-state index contributed by atoms with van der Waals surface area (Å²) in [6.45, 7) is 0.375. The van der Waals surface area contributed by atoms with Crippen LogP contribution in [-0.4, -0.2) is 16.0 Å². The van der Waals surface area contributed by atoms with Crippen molar-refractivity contribution < 1.29 is 13.7 Å². The Morgan fingerprint density at radius 1 is 1.09 bits per heavy atom. The van der Waals surface area contributed by atoms with Gasteiger partial charge in [0, 0.05) is 12.1 Å². The lowest BCUT2D eigenvalue weighted by atomic mass is 10.2. The molecule has 5 nitrogen and oxygen atoms in total. The molecule has 2 aromatic carbocycles. The van der Waals surface area contributed by atoms with Crippen molar-refractivity contribution >= 4 is 5.91 Å². The molecular weight excluding hydrogens is 285 g/mol. The maximum Gasteiger partial charge on any atom is 0.292 e. The van der Waals surface area contributed by atoms with Crippen molar-refractivity contribution in [1.82, 2.24) is 15.5 Å². The molecule has 1 aromatic heterocycles. The van der Waals surface area contributed by atoms with Crippen molar-refractivity contribution in [2.24, 2.45) is 0 Å². The molecule has 0 saturated carbocycles. The van der Waals surface area contributed by atoms with Gasteiger partial charge in [0.1, 0.15) is 5.82 Å². The summed E-state index contributed by atoms with van der Waals surface area (Å²) >= 11 is 0. The van der Waals surface area contributed by atoms with Crippen LogP contribution in [0.4, 0.5) is 4.39 Å². The first-order valence-corrected chi connectivity index (χ1v) is 6.64. The maximum atomic E-state index is 12.9. The van der Waals surface area contributed by atoms with Crippen molar-refractivity contribution in [2.45, 2.75) is 6.54 Å². The fourth-order valence-corrected chi connectivity index (χ4v) is 1.88. The Kier molecular flexibility index (Phi) is 3.91. The van der Waals surface area contributed by atoms with Crippen molar-refractivity contribution in [3.05, 3.63) is 71.8 Å². The van der Waals surface area contributed by atoms with E-state index < -0.39 is 5.91 Å². The third kappa shape index (κ3) is 3.17. The Labute approximate surface area is 125 Å². The second kappa shape index (κ2) is 6.17. The predicted molar refractivity (Wildman–Crippen MR) is 77.3 cm³/mol. The average Bonchev–Trinajstić information content (AvgIpc) is 3.04. The maximum absolute atomic E-state index is 12.9. The zero-order chi connectivity index (χ0) is 15.4. The molecule has 6 heteroatoms. The molecule has 1 heterocycles. The molecule has 3 aromatic rings. The van der Waals surface area contributed by atoms with Crippen molar-refractivity contribution in [1.29, 1.82) is 0 Å². The lowest BCUT2D eigenvalue weighted by molar-refractivity contribution is 0.0937.